The first-order valence-electron chi connectivity index (χ1n) is 14.0. The predicted octanol–water partition coefficient (Wildman–Crippen LogP) is 8.74. The van der Waals surface area contributed by atoms with Crippen LogP contribution in [0.15, 0.2) is 138 Å². The van der Waals surface area contributed by atoms with Crippen molar-refractivity contribution in [2.24, 2.45) is 5.92 Å². The van der Waals surface area contributed by atoms with Crippen LogP contribution in [0.4, 0.5) is 0 Å². The molecule has 0 spiro atoms. The number of hydrogen-bond donors (Lipinski definition) is 0. The maximum Gasteiger partial charge on any atom is 2.00 e. The summed E-state index contributed by atoms with van der Waals surface area (Å²) in [5, 5.41) is 2.90. The molecule has 0 bridgehead atoms. The van der Waals surface area contributed by atoms with E-state index in [1.807, 2.05) is 12.1 Å². The Morgan fingerprint density at radius 3 is 1.20 bits per heavy atom. The van der Waals surface area contributed by atoms with Gasteiger partial charge in [0.05, 0.1) is 0 Å². The van der Waals surface area contributed by atoms with Crippen LogP contribution in [0.25, 0.3) is 16.9 Å². The minimum atomic E-state index is 0. The third-order valence-corrected chi connectivity index (χ3v) is 8.59. The van der Waals surface area contributed by atoms with Gasteiger partial charge in [-0.15, -0.1) is 13.0 Å². The number of rotatable bonds is 3. The molecule has 6 rings (SSSR count). The molecule has 0 heterocycles. The van der Waals surface area contributed by atoms with Crippen LogP contribution in [0.2, 0.25) is 0 Å². The fraction of sp³-hybridized carbons (Fsp3) is 0.243. The van der Waals surface area contributed by atoms with E-state index in [1.165, 1.54) is 44.6 Å². The third kappa shape index (κ3) is 11.9. The Morgan fingerprint density at radius 2 is 0.975 bits per heavy atom. The van der Waals surface area contributed by atoms with Crippen LogP contribution >= 0.6 is 0 Å². The van der Waals surface area contributed by atoms with Crippen LogP contribution in [0.5, 0.6) is 0 Å². The molecule has 0 aliphatic heterocycles. The smallest absolute Gasteiger partial charge is 0.675 e. The summed E-state index contributed by atoms with van der Waals surface area (Å²) in [4.78, 5) is 0. The molecule has 203 valence electrons. The Hall–Kier alpha value is -2.58. The van der Waals surface area contributed by atoms with Gasteiger partial charge in [-0.3, -0.25) is 6.08 Å². The van der Waals surface area contributed by atoms with Gasteiger partial charge in [0.15, 0.2) is 0 Å². The average molecular weight is 620 g/mol. The minimum Gasteiger partial charge on any atom is -0.675 e. The average Bonchev–Trinajstić information content (AvgIpc) is 3.20. The van der Waals surface area contributed by atoms with Gasteiger partial charge in [-0.1, -0.05) is 178 Å². The quantitative estimate of drug-likeness (QED) is 0.162. The molecule has 1 nitrogen and oxygen atoms in total. The summed E-state index contributed by atoms with van der Waals surface area (Å²) in [6.45, 7) is 8.67. The van der Waals surface area contributed by atoms with E-state index in [4.69, 9.17) is 5.73 Å². The van der Waals surface area contributed by atoms with Crippen LogP contribution in [0.1, 0.15) is 47.0 Å². The number of benzene rings is 4. The molecule has 1 unspecified atom stereocenters. The van der Waals surface area contributed by atoms with E-state index >= 15 is 0 Å². The van der Waals surface area contributed by atoms with Crippen LogP contribution in [-0.2, 0) is 26.2 Å². The van der Waals surface area contributed by atoms with E-state index in [0.717, 1.165) is 12.8 Å². The van der Waals surface area contributed by atoms with Crippen molar-refractivity contribution in [1.82, 2.24) is 0 Å². The van der Waals surface area contributed by atoms with E-state index in [0.29, 0.717) is 12.0 Å². The van der Waals surface area contributed by atoms with E-state index in [-0.39, 0.29) is 35.7 Å². The summed E-state index contributed by atoms with van der Waals surface area (Å²) in [5.74, 6) is 0.560. The van der Waals surface area contributed by atoms with Gasteiger partial charge in [0.1, 0.15) is 9.52 Å². The summed E-state index contributed by atoms with van der Waals surface area (Å²) in [6.07, 6.45) is 6.96. The van der Waals surface area contributed by atoms with Crippen LogP contribution < -0.4 is 10.4 Å². The molecule has 4 aromatic rings. The van der Waals surface area contributed by atoms with E-state index in [1.54, 1.807) is 0 Å². The topological polar surface area (TPSA) is 23.8 Å². The first-order chi connectivity index (χ1) is 18.9. The second-order valence-electron chi connectivity index (χ2n) is 10.1. The largest absolute Gasteiger partial charge is 2.00 e. The molecule has 40 heavy (non-hydrogen) atoms. The number of allylic oxidation sites excluding steroid dienone is 4. The van der Waals surface area contributed by atoms with E-state index < -0.39 is 0 Å². The molecule has 1 N–H and O–H groups in total. The van der Waals surface area contributed by atoms with Crippen molar-refractivity contribution in [3.8, 4) is 11.1 Å². The molecular formula is C37H42NSiZr. The summed E-state index contributed by atoms with van der Waals surface area (Å²) in [6, 6.07) is 42.4. The summed E-state index contributed by atoms with van der Waals surface area (Å²) >= 11 is 0. The number of hydrogen-bond acceptors (Lipinski definition) is 0. The Labute approximate surface area is 264 Å². The molecular weight excluding hydrogens is 578 g/mol. The summed E-state index contributed by atoms with van der Waals surface area (Å²) in [5.41, 5.74) is 13.7. The molecule has 0 amide bonds. The Kier molecular flexibility index (Phi) is 15.7. The Balaban J connectivity index is 0.000000194. The molecule has 3 heteroatoms. The normalized spacial score (nSPS) is 15.4. The predicted molar refractivity (Wildman–Crippen MR) is 173 cm³/mol. The minimum absolute atomic E-state index is 0. The zero-order chi connectivity index (χ0) is 27.9. The molecule has 1 fully saturated rings. The molecule has 0 saturated heterocycles. The molecule has 4 aromatic carbocycles. The zero-order valence-corrected chi connectivity index (χ0v) is 28.0. The van der Waals surface area contributed by atoms with Crippen molar-refractivity contribution in [1.29, 1.82) is 0 Å². The summed E-state index contributed by atoms with van der Waals surface area (Å²) in [7, 11) is 0.271. The van der Waals surface area contributed by atoms with Crippen LogP contribution in [-0.4, -0.2) is 15.6 Å². The van der Waals surface area contributed by atoms with Gasteiger partial charge in [0.25, 0.3) is 0 Å². The van der Waals surface area contributed by atoms with Gasteiger partial charge in [-0.05, 0) is 11.1 Å². The van der Waals surface area contributed by atoms with Crippen LogP contribution in [0, 0.1) is 12.0 Å². The SMILES string of the molecule is CC1=[C-]C(C)C(C)=C1C.[NH-]C1CCC1.[Zr+2].c1ccc(-c2ccccc2)cc1.c1ccc([SiH]c2ccccc2)cc1. The van der Waals surface area contributed by atoms with Crippen molar-refractivity contribution in [2.45, 2.75) is 53.0 Å². The number of nitrogens with one attached hydrogen (secondary N) is 1. The van der Waals surface area contributed by atoms with Crippen molar-refractivity contribution >= 4 is 19.9 Å². The third-order valence-electron chi connectivity index (χ3n) is 7.16. The van der Waals surface area contributed by atoms with Gasteiger partial charge in [0.2, 0.25) is 0 Å². The van der Waals surface area contributed by atoms with Crippen molar-refractivity contribution in [3.63, 3.8) is 0 Å². The van der Waals surface area contributed by atoms with E-state index in [2.05, 4.69) is 143 Å². The van der Waals surface area contributed by atoms with Gasteiger partial charge in [-0.25, -0.2) is 5.57 Å². The standard InChI is InChI=1S/C12H11Si.C12H10.C9H13.C4H8N.Zr/c1-3-7-11(8-4-1)13-12-9-5-2-6-10-12;1-3-7-11(8-4-1)12-9-5-2-6-10-12;1-6-5-7(2)9(4)8(6)3;5-4-2-1-3-4;/h1-10,13H;1-10H;6H,1-4H3;4-5H,1-3H2;/q;;2*-1;+2. The zero-order valence-electron chi connectivity index (χ0n) is 24.4. The molecule has 2 aliphatic carbocycles. The van der Waals surface area contributed by atoms with E-state index in [9.17, 15) is 0 Å². The maximum atomic E-state index is 6.91. The van der Waals surface area contributed by atoms with Crippen molar-refractivity contribution in [3.05, 3.63) is 150 Å². The van der Waals surface area contributed by atoms with Crippen molar-refractivity contribution in [2.75, 3.05) is 0 Å². The molecule has 1 radical (unpaired) electrons. The fourth-order valence-electron chi connectivity index (χ4n) is 4.12. The molecule has 0 aromatic heterocycles. The second-order valence-corrected chi connectivity index (χ2v) is 11.7. The van der Waals surface area contributed by atoms with Gasteiger partial charge in [-0.2, -0.15) is 11.1 Å². The second kappa shape index (κ2) is 18.7. The Morgan fingerprint density at radius 1 is 0.625 bits per heavy atom. The van der Waals surface area contributed by atoms with Gasteiger partial charge >= 0.3 is 26.2 Å². The van der Waals surface area contributed by atoms with Crippen LogP contribution in [0.3, 0.4) is 0 Å². The molecule has 1 atom stereocenters. The Bertz CT molecular complexity index is 1210. The first-order valence-corrected chi connectivity index (χ1v) is 15.1. The van der Waals surface area contributed by atoms with Crippen molar-refractivity contribution < 1.29 is 26.2 Å². The summed E-state index contributed by atoms with van der Waals surface area (Å²) < 4.78 is 0. The van der Waals surface area contributed by atoms with Gasteiger partial charge in [0, 0.05) is 0 Å². The maximum absolute atomic E-state index is 6.91. The van der Waals surface area contributed by atoms with Gasteiger partial charge < -0.3 is 5.73 Å². The fourth-order valence-corrected chi connectivity index (χ4v) is 5.34. The first kappa shape index (κ1) is 33.6. The monoisotopic (exact) mass is 618 g/mol. The molecule has 1 saturated carbocycles. The molecule has 2 aliphatic rings.